The lowest BCUT2D eigenvalue weighted by Gasteiger charge is -2.15. The van der Waals surface area contributed by atoms with E-state index >= 15 is 0 Å². The molecule has 0 aliphatic heterocycles. The molecule has 0 amide bonds. The number of methoxy groups -OCH3 is 1. The smallest absolute Gasteiger partial charge is 0.339 e. The van der Waals surface area contributed by atoms with Crippen molar-refractivity contribution in [3.05, 3.63) is 95.6 Å². The van der Waals surface area contributed by atoms with Crippen molar-refractivity contribution in [1.82, 2.24) is 0 Å². The number of hydrogen-bond acceptors (Lipinski definition) is 5. The summed E-state index contributed by atoms with van der Waals surface area (Å²) in [5.41, 5.74) is 2.26. The van der Waals surface area contributed by atoms with Crippen molar-refractivity contribution in [2.24, 2.45) is 0 Å². The lowest BCUT2D eigenvalue weighted by Crippen LogP contribution is -2.15. The standard InChI is InChI=1S/C23H22O5/c1-26-21-14-19(12-13-20(21)27-15-17-8-4-2-5-9-17)22(24)23(25)28-16-18-10-6-3-7-11-18/h2-14,22,24H,15-16H2,1H3. The van der Waals surface area contributed by atoms with Gasteiger partial charge in [0.25, 0.3) is 0 Å². The molecule has 0 fully saturated rings. The SMILES string of the molecule is COc1cc(C(O)C(=O)OCc2ccccc2)ccc1OCc1ccccc1. The number of aliphatic hydroxyl groups excluding tert-OH is 1. The van der Waals surface area contributed by atoms with Gasteiger partial charge in [-0.15, -0.1) is 0 Å². The number of ether oxygens (including phenoxy) is 3. The van der Waals surface area contributed by atoms with Crippen LogP contribution in [0.2, 0.25) is 0 Å². The van der Waals surface area contributed by atoms with Crippen LogP contribution in [0.4, 0.5) is 0 Å². The molecule has 1 unspecified atom stereocenters. The summed E-state index contributed by atoms with van der Waals surface area (Å²) in [6, 6.07) is 23.9. The molecule has 3 aromatic rings. The van der Waals surface area contributed by atoms with Gasteiger partial charge in [0, 0.05) is 0 Å². The second-order valence-electron chi connectivity index (χ2n) is 6.18. The van der Waals surface area contributed by atoms with Crippen LogP contribution in [0, 0.1) is 0 Å². The first-order valence-corrected chi connectivity index (χ1v) is 8.90. The fourth-order valence-electron chi connectivity index (χ4n) is 2.65. The highest BCUT2D eigenvalue weighted by molar-refractivity contribution is 5.76. The van der Waals surface area contributed by atoms with Crippen molar-refractivity contribution >= 4 is 5.97 Å². The molecule has 0 saturated carbocycles. The van der Waals surface area contributed by atoms with Crippen LogP contribution >= 0.6 is 0 Å². The second-order valence-corrected chi connectivity index (χ2v) is 6.18. The Kier molecular flexibility index (Phi) is 6.65. The first kappa shape index (κ1) is 19.5. The van der Waals surface area contributed by atoms with Crippen LogP contribution in [0.15, 0.2) is 78.9 Å². The third-order valence-corrected chi connectivity index (χ3v) is 4.19. The molecule has 0 saturated heterocycles. The largest absolute Gasteiger partial charge is 0.493 e. The van der Waals surface area contributed by atoms with Gasteiger partial charge in [-0.25, -0.2) is 4.79 Å². The van der Waals surface area contributed by atoms with Crippen LogP contribution in [-0.2, 0) is 22.7 Å². The maximum atomic E-state index is 12.2. The lowest BCUT2D eigenvalue weighted by molar-refractivity contribution is -0.155. The van der Waals surface area contributed by atoms with Gasteiger partial charge in [0.2, 0.25) is 0 Å². The zero-order chi connectivity index (χ0) is 19.8. The molecule has 1 N–H and O–H groups in total. The average Bonchev–Trinajstić information content (AvgIpc) is 2.76. The third-order valence-electron chi connectivity index (χ3n) is 4.19. The molecule has 144 valence electrons. The van der Waals surface area contributed by atoms with Gasteiger partial charge < -0.3 is 19.3 Å². The fraction of sp³-hybridized carbons (Fsp3) is 0.174. The van der Waals surface area contributed by atoms with Crippen molar-refractivity contribution < 1.29 is 24.1 Å². The van der Waals surface area contributed by atoms with E-state index in [0.717, 1.165) is 11.1 Å². The quantitative estimate of drug-likeness (QED) is 0.599. The van der Waals surface area contributed by atoms with Crippen LogP contribution < -0.4 is 9.47 Å². The zero-order valence-electron chi connectivity index (χ0n) is 15.6. The molecule has 0 aliphatic carbocycles. The van der Waals surface area contributed by atoms with Crippen molar-refractivity contribution in [2.75, 3.05) is 7.11 Å². The predicted octanol–water partition coefficient (Wildman–Crippen LogP) is 4.05. The first-order valence-electron chi connectivity index (χ1n) is 8.90. The minimum Gasteiger partial charge on any atom is -0.493 e. The summed E-state index contributed by atoms with van der Waals surface area (Å²) in [5.74, 6) is 0.243. The van der Waals surface area contributed by atoms with Crippen LogP contribution in [0.25, 0.3) is 0 Å². The van der Waals surface area contributed by atoms with Crippen molar-refractivity contribution in [3.63, 3.8) is 0 Å². The molecule has 5 nitrogen and oxygen atoms in total. The summed E-state index contributed by atoms with van der Waals surface area (Å²) in [4.78, 5) is 12.2. The van der Waals surface area contributed by atoms with Crippen LogP contribution in [0.5, 0.6) is 11.5 Å². The number of carbonyl (C=O) groups is 1. The molecule has 0 heterocycles. The summed E-state index contributed by atoms with van der Waals surface area (Å²) in [5, 5.41) is 10.3. The number of hydrogen-bond donors (Lipinski definition) is 1. The molecule has 0 aromatic heterocycles. The number of esters is 1. The van der Waals surface area contributed by atoms with Gasteiger partial charge in [0.1, 0.15) is 13.2 Å². The highest BCUT2D eigenvalue weighted by atomic mass is 16.5. The molecule has 0 radical (unpaired) electrons. The van der Waals surface area contributed by atoms with E-state index in [1.165, 1.54) is 7.11 Å². The van der Waals surface area contributed by atoms with Crippen LogP contribution in [-0.4, -0.2) is 18.2 Å². The lowest BCUT2D eigenvalue weighted by atomic mass is 10.1. The Bertz CT molecular complexity index is 893. The van der Waals surface area contributed by atoms with E-state index in [1.54, 1.807) is 18.2 Å². The number of carbonyl (C=O) groups excluding carboxylic acids is 1. The molecular formula is C23H22O5. The Morgan fingerprint density at radius 3 is 2.07 bits per heavy atom. The van der Waals surface area contributed by atoms with Gasteiger partial charge in [-0.2, -0.15) is 0 Å². The summed E-state index contributed by atoms with van der Waals surface area (Å²) in [6.45, 7) is 0.490. The topological polar surface area (TPSA) is 65.0 Å². The first-order chi connectivity index (χ1) is 13.7. The van der Waals surface area contributed by atoms with E-state index in [0.29, 0.717) is 23.7 Å². The van der Waals surface area contributed by atoms with E-state index in [4.69, 9.17) is 14.2 Å². The normalized spacial score (nSPS) is 11.5. The van der Waals surface area contributed by atoms with Crippen LogP contribution in [0.3, 0.4) is 0 Å². The highest BCUT2D eigenvalue weighted by Gasteiger charge is 2.21. The predicted molar refractivity (Wildman–Crippen MR) is 105 cm³/mol. The Labute approximate surface area is 164 Å². The van der Waals surface area contributed by atoms with Crippen molar-refractivity contribution in [3.8, 4) is 11.5 Å². The summed E-state index contributed by atoms with van der Waals surface area (Å²) >= 11 is 0. The summed E-state index contributed by atoms with van der Waals surface area (Å²) in [6.07, 6.45) is -1.40. The van der Waals surface area contributed by atoms with E-state index in [1.807, 2.05) is 60.7 Å². The van der Waals surface area contributed by atoms with Gasteiger partial charge in [-0.3, -0.25) is 0 Å². The number of aliphatic hydroxyl groups is 1. The number of rotatable bonds is 8. The molecule has 3 rings (SSSR count). The van der Waals surface area contributed by atoms with Gasteiger partial charge in [-0.1, -0.05) is 66.7 Å². The monoisotopic (exact) mass is 378 g/mol. The minimum absolute atomic E-state index is 0.103. The Hall–Kier alpha value is -3.31. The van der Waals surface area contributed by atoms with Gasteiger partial charge >= 0.3 is 5.97 Å². The summed E-state index contributed by atoms with van der Waals surface area (Å²) < 4.78 is 16.3. The second kappa shape index (κ2) is 9.58. The third kappa shape index (κ3) is 5.11. The molecule has 0 spiro atoms. The Balaban J connectivity index is 1.63. The Morgan fingerprint density at radius 2 is 1.46 bits per heavy atom. The molecule has 28 heavy (non-hydrogen) atoms. The minimum atomic E-state index is -1.40. The molecule has 5 heteroatoms. The van der Waals surface area contributed by atoms with E-state index < -0.39 is 12.1 Å². The van der Waals surface area contributed by atoms with Crippen molar-refractivity contribution in [1.29, 1.82) is 0 Å². The van der Waals surface area contributed by atoms with E-state index in [2.05, 4.69) is 0 Å². The van der Waals surface area contributed by atoms with Crippen molar-refractivity contribution in [2.45, 2.75) is 19.3 Å². The number of benzene rings is 3. The molecule has 0 bridgehead atoms. The maximum absolute atomic E-state index is 12.2. The molecule has 0 aliphatic rings. The molecule has 1 atom stereocenters. The molecule has 3 aromatic carbocycles. The van der Waals surface area contributed by atoms with Crippen LogP contribution in [0.1, 0.15) is 22.8 Å². The Morgan fingerprint density at radius 1 is 0.857 bits per heavy atom. The van der Waals surface area contributed by atoms with Gasteiger partial charge in [0.05, 0.1) is 7.11 Å². The van der Waals surface area contributed by atoms with Gasteiger partial charge in [0.15, 0.2) is 17.6 Å². The van der Waals surface area contributed by atoms with Gasteiger partial charge in [-0.05, 0) is 28.8 Å². The highest BCUT2D eigenvalue weighted by Crippen LogP contribution is 2.31. The van der Waals surface area contributed by atoms with E-state index in [-0.39, 0.29) is 6.61 Å². The molecular weight excluding hydrogens is 356 g/mol. The van der Waals surface area contributed by atoms with E-state index in [9.17, 15) is 9.90 Å². The fourth-order valence-corrected chi connectivity index (χ4v) is 2.65. The zero-order valence-corrected chi connectivity index (χ0v) is 15.6. The average molecular weight is 378 g/mol. The maximum Gasteiger partial charge on any atom is 0.339 e. The summed E-state index contributed by atoms with van der Waals surface area (Å²) in [7, 11) is 1.51.